The number of urea groups is 2. The van der Waals surface area contributed by atoms with Crippen LogP contribution >= 0.6 is 0 Å². The van der Waals surface area contributed by atoms with Crippen LogP contribution in [0.3, 0.4) is 0 Å². The van der Waals surface area contributed by atoms with Gasteiger partial charge >= 0.3 is 18.0 Å². The first kappa shape index (κ1) is 26.0. The van der Waals surface area contributed by atoms with Crippen molar-refractivity contribution in [3.8, 4) is 0 Å². The van der Waals surface area contributed by atoms with Crippen LogP contribution in [0, 0.1) is 0 Å². The van der Waals surface area contributed by atoms with Gasteiger partial charge in [-0.2, -0.15) is 0 Å². The fourth-order valence-electron chi connectivity index (χ4n) is 3.52. The molecule has 0 aromatic heterocycles. The van der Waals surface area contributed by atoms with Crippen LogP contribution in [-0.4, -0.2) is 46.2 Å². The summed E-state index contributed by atoms with van der Waals surface area (Å²) >= 11 is 0. The highest BCUT2D eigenvalue weighted by atomic mass is 16.5. The highest BCUT2D eigenvalue weighted by Crippen LogP contribution is 2.25. The topological polar surface area (TPSA) is 73.4 Å². The van der Waals surface area contributed by atoms with Gasteiger partial charge < -0.3 is 4.74 Å². The molecule has 0 saturated carbocycles. The van der Waals surface area contributed by atoms with Crippen molar-refractivity contribution in [1.82, 2.24) is 0 Å². The summed E-state index contributed by atoms with van der Waals surface area (Å²) < 4.78 is 5.08. The van der Waals surface area contributed by atoms with Gasteiger partial charge in [0.05, 0.1) is 0 Å². The van der Waals surface area contributed by atoms with E-state index in [0.717, 1.165) is 17.3 Å². The standard InChI is InChI=1S/C28H30N4O4/c1-6-26(33)36-20-21-12-10-15-23(18-21)30(3)28(35)32(5)25-17-11-16-24(19-25)31(4)27(34)29(2)22-13-8-7-9-14-22/h6-19H,1,20H2,2-5H3. The average Bonchev–Trinajstić information content (AvgIpc) is 2.94. The summed E-state index contributed by atoms with van der Waals surface area (Å²) in [5.41, 5.74) is 3.44. The Morgan fingerprint density at radius 3 is 1.64 bits per heavy atom. The summed E-state index contributed by atoms with van der Waals surface area (Å²) in [6, 6.07) is 23.3. The number of esters is 1. The fourth-order valence-corrected chi connectivity index (χ4v) is 3.52. The van der Waals surface area contributed by atoms with Gasteiger partial charge in [-0.25, -0.2) is 14.4 Å². The Balaban J connectivity index is 1.74. The first-order valence-corrected chi connectivity index (χ1v) is 11.3. The fraction of sp³-hybridized carbons (Fsp3) is 0.179. The van der Waals surface area contributed by atoms with Crippen molar-refractivity contribution in [2.45, 2.75) is 6.61 Å². The molecule has 0 bridgehead atoms. The molecule has 0 unspecified atom stereocenters. The number of rotatable bonds is 7. The number of para-hydroxylation sites is 1. The summed E-state index contributed by atoms with van der Waals surface area (Å²) in [6.45, 7) is 3.46. The minimum Gasteiger partial charge on any atom is -0.458 e. The molecule has 4 amide bonds. The van der Waals surface area contributed by atoms with E-state index in [1.54, 1.807) is 69.5 Å². The Kier molecular flexibility index (Phi) is 8.46. The van der Waals surface area contributed by atoms with Crippen molar-refractivity contribution in [3.05, 3.63) is 97.1 Å². The lowest BCUT2D eigenvalue weighted by Crippen LogP contribution is -2.40. The molecule has 0 saturated heterocycles. The molecule has 0 heterocycles. The van der Waals surface area contributed by atoms with Crippen LogP contribution in [0.25, 0.3) is 0 Å². The van der Waals surface area contributed by atoms with Crippen LogP contribution in [-0.2, 0) is 16.1 Å². The smallest absolute Gasteiger partial charge is 0.330 e. The zero-order valence-electron chi connectivity index (χ0n) is 20.9. The summed E-state index contributed by atoms with van der Waals surface area (Å²) in [6.07, 6.45) is 1.10. The number of hydrogen-bond donors (Lipinski definition) is 0. The molecular formula is C28H30N4O4. The van der Waals surface area contributed by atoms with Gasteiger partial charge in [-0.05, 0) is 48.0 Å². The monoisotopic (exact) mass is 486 g/mol. The van der Waals surface area contributed by atoms with E-state index >= 15 is 0 Å². The van der Waals surface area contributed by atoms with Crippen molar-refractivity contribution in [2.75, 3.05) is 47.8 Å². The average molecular weight is 487 g/mol. The summed E-state index contributed by atoms with van der Waals surface area (Å²) in [4.78, 5) is 43.7. The minimum atomic E-state index is -0.511. The number of hydrogen-bond acceptors (Lipinski definition) is 4. The van der Waals surface area contributed by atoms with Gasteiger partial charge in [-0.3, -0.25) is 19.6 Å². The van der Waals surface area contributed by atoms with Crippen molar-refractivity contribution in [1.29, 1.82) is 0 Å². The molecule has 0 N–H and O–H groups in total. The molecule has 0 spiro atoms. The molecule has 36 heavy (non-hydrogen) atoms. The Morgan fingerprint density at radius 2 is 1.11 bits per heavy atom. The van der Waals surface area contributed by atoms with Gasteiger partial charge in [0, 0.05) is 57.0 Å². The lowest BCUT2D eigenvalue weighted by atomic mass is 10.2. The molecule has 0 aliphatic heterocycles. The number of carbonyl (C=O) groups excluding carboxylic acids is 3. The number of amides is 4. The van der Waals surface area contributed by atoms with Crippen LogP contribution in [0.2, 0.25) is 0 Å². The van der Waals surface area contributed by atoms with E-state index in [-0.39, 0.29) is 18.7 Å². The second kappa shape index (κ2) is 11.7. The molecule has 3 rings (SSSR count). The molecule has 0 aliphatic rings. The lowest BCUT2D eigenvalue weighted by Gasteiger charge is -2.28. The van der Waals surface area contributed by atoms with Crippen LogP contribution in [0.5, 0.6) is 0 Å². The molecule has 8 nitrogen and oxygen atoms in total. The number of ether oxygens (including phenoxy) is 1. The molecule has 0 radical (unpaired) electrons. The Bertz CT molecular complexity index is 1250. The Hall–Kier alpha value is -4.59. The van der Waals surface area contributed by atoms with Gasteiger partial charge in [-0.1, -0.05) is 43.0 Å². The van der Waals surface area contributed by atoms with Gasteiger partial charge in [0.2, 0.25) is 0 Å². The maximum atomic E-state index is 13.2. The molecule has 3 aromatic carbocycles. The largest absolute Gasteiger partial charge is 0.458 e. The predicted octanol–water partition coefficient (Wildman–Crippen LogP) is 5.30. The van der Waals surface area contributed by atoms with Gasteiger partial charge in [-0.15, -0.1) is 0 Å². The SMILES string of the molecule is C=CC(=O)OCc1cccc(N(C)C(=O)N(C)c2cccc(N(C)C(=O)N(C)c3ccccc3)c2)c1. The van der Waals surface area contributed by atoms with E-state index in [2.05, 4.69) is 6.58 Å². The number of benzene rings is 3. The third kappa shape index (κ3) is 6.09. The molecule has 0 atom stereocenters. The number of nitrogens with zero attached hydrogens (tertiary/aromatic N) is 4. The van der Waals surface area contributed by atoms with Gasteiger partial charge in [0.25, 0.3) is 0 Å². The highest BCUT2D eigenvalue weighted by Gasteiger charge is 2.21. The number of carbonyl (C=O) groups is 3. The van der Waals surface area contributed by atoms with Crippen molar-refractivity contribution in [3.63, 3.8) is 0 Å². The zero-order valence-corrected chi connectivity index (χ0v) is 20.9. The summed E-state index contributed by atoms with van der Waals surface area (Å²) in [7, 11) is 6.75. The number of anilines is 4. The van der Waals surface area contributed by atoms with E-state index in [4.69, 9.17) is 4.74 Å². The second-order valence-corrected chi connectivity index (χ2v) is 8.14. The molecular weight excluding hydrogens is 456 g/mol. The maximum absolute atomic E-state index is 13.2. The van der Waals surface area contributed by atoms with Crippen LogP contribution < -0.4 is 19.6 Å². The second-order valence-electron chi connectivity index (χ2n) is 8.14. The molecule has 3 aromatic rings. The Morgan fingerprint density at radius 1 is 0.667 bits per heavy atom. The van der Waals surface area contributed by atoms with E-state index in [1.165, 1.54) is 14.7 Å². The first-order valence-electron chi connectivity index (χ1n) is 11.3. The normalized spacial score (nSPS) is 10.2. The summed E-state index contributed by atoms with van der Waals surface area (Å²) in [5, 5.41) is 0. The maximum Gasteiger partial charge on any atom is 0.330 e. The van der Waals surface area contributed by atoms with Gasteiger partial charge in [0.15, 0.2) is 0 Å². The van der Waals surface area contributed by atoms with Crippen molar-refractivity contribution in [2.24, 2.45) is 0 Å². The third-order valence-electron chi connectivity index (χ3n) is 5.74. The molecule has 8 heteroatoms. The highest BCUT2D eigenvalue weighted by molar-refractivity contribution is 6.05. The van der Waals surface area contributed by atoms with Gasteiger partial charge in [0.1, 0.15) is 6.61 Å². The van der Waals surface area contributed by atoms with E-state index < -0.39 is 5.97 Å². The molecule has 0 aliphatic carbocycles. The summed E-state index contributed by atoms with van der Waals surface area (Å²) in [5.74, 6) is -0.511. The molecule has 0 fully saturated rings. The van der Waals surface area contributed by atoms with E-state index in [9.17, 15) is 14.4 Å². The van der Waals surface area contributed by atoms with Crippen LogP contribution in [0.1, 0.15) is 5.56 Å². The first-order chi connectivity index (χ1) is 17.2. The van der Waals surface area contributed by atoms with Crippen molar-refractivity contribution < 1.29 is 19.1 Å². The minimum absolute atomic E-state index is 0.0798. The quantitative estimate of drug-likeness (QED) is 0.336. The Labute approximate surface area is 211 Å². The van der Waals surface area contributed by atoms with E-state index in [0.29, 0.717) is 17.1 Å². The van der Waals surface area contributed by atoms with Crippen LogP contribution in [0.4, 0.5) is 32.3 Å². The predicted molar refractivity (Wildman–Crippen MR) is 144 cm³/mol. The third-order valence-corrected chi connectivity index (χ3v) is 5.74. The van der Waals surface area contributed by atoms with Crippen molar-refractivity contribution >= 4 is 40.8 Å². The molecule has 186 valence electrons. The lowest BCUT2D eigenvalue weighted by molar-refractivity contribution is -0.138. The van der Waals surface area contributed by atoms with Crippen LogP contribution in [0.15, 0.2) is 91.5 Å². The van der Waals surface area contributed by atoms with E-state index in [1.807, 2.05) is 42.5 Å². The zero-order chi connectivity index (χ0) is 26.2.